The molecule has 0 heteroatoms. The number of fused-ring (bicyclic) bond motifs is 4. The summed E-state index contributed by atoms with van der Waals surface area (Å²) in [6.45, 7) is 14.1. The van der Waals surface area contributed by atoms with Gasteiger partial charge in [0, 0.05) is 5.92 Å². The van der Waals surface area contributed by atoms with Gasteiger partial charge < -0.3 is 0 Å². The van der Waals surface area contributed by atoms with Crippen LogP contribution in [-0.2, 0) is 10.8 Å². The van der Waals surface area contributed by atoms with Crippen molar-refractivity contribution in [3.8, 4) is 22.3 Å². The van der Waals surface area contributed by atoms with Crippen molar-refractivity contribution in [1.82, 2.24) is 0 Å². The highest BCUT2D eigenvalue weighted by atomic mass is 14.4. The summed E-state index contributed by atoms with van der Waals surface area (Å²) in [4.78, 5) is 0. The van der Waals surface area contributed by atoms with Crippen LogP contribution < -0.4 is 10.4 Å². The Balaban J connectivity index is 1.53. The van der Waals surface area contributed by atoms with Gasteiger partial charge in [-0.15, -0.1) is 0 Å². The lowest BCUT2D eigenvalue weighted by molar-refractivity contribution is 0.576. The molecule has 0 saturated heterocycles. The molecule has 1 unspecified atom stereocenters. The van der Waals surface area contributed by atoms with Crippen LogP contribution in [0.25, 0.3) is 40.0 Å². The molecule has 240 valence electrons. The molecule has 0 bridgehead atoms. The Morgan fingerprint density at radius 2 is 1.18 bits per heavy atom. The Kier molecular flexibility index (Phi) is 7.45. The molecule has 0 spiro atoms. The van der Waals surface area contributed by atoms with Crippen molar-refractivity contribution in [3.63, 3.8) is 0 Å². The van der Waals surface area contributed by atoms with E-state index in [2.05, 4.69) is 193 Å². The summed E-state index contributed by atoms with van der Waals surface area (Å²) in [5.41, 5.74) is 17.2. The molecule has 2 aliphatic rings. The molecule has 2 aliphatic carbocycles. The third-order valence-electron chi connectivity index (χ3n) is 10.4. The molecule has 0 amide bonds. The van der Waals surface area contributed by atoms with Crippen LogP contribution in [0.3, 0.4) is 0 Å². The molecule has 6 aromatic carbocycles. The van der Waals surface area contributed by atoms with Gasteiger partial charge in [0.2, 0.25) is 0 Å². The minimum Gasteiger partial charge on any atom is -0.0720 e. The van der Waals surface area contributed by atoms with Gasteiger partial charge in [0.15, 0.2) is 0 Å². The van der Waals surface area contributed by atoms with Crippen molar-refractivity contribution < 1.29 is 0 Å². The Bertz CT molecular complexity index is 2320. The van der Waals surface area contributed by atoms with Gasteiger partial charge in [-0.25, -0.2) is 0 Å². The molecule has 0 fully saturated rings. The number of benzene rings is 6. The molecule has 8 rings (SSSR count). The minimum atomic E-state index is -0.138. The first-order chi connectivity index (χ1) is 23.6. The summed E-state index contributed by atoms with van der Waals surface area (Å²) >= 11 is 0. The summed E-state index contributed by atoms with van der Waals surface area (Å²) in [5.74, 6) is 0.127. The van der Waals surface area contributed by atoms with E-state index < -0.39 is 0 Å². The van der Waals surface area contributed by atoms with E-state index in [-0.39, 0.29) is 16.7 Å². The molecular formula is C49H44. The maximum absolute atomic E-state index is 2.52. The first-order valence-corrected chi connectivity index (χ1v) is 17.7. The van der Waals surface area contributed by atoms with Gasteiger partial charge in [-0.3, -0.25) is 0 Å². The molecule has 0 heterocycles. The summed E-state index contributed by atoms with van der Waals surface area (Å²) in [6.07, 6.45) is 7.34. The molecule has 0 N–H and O–H groups in total. The second kappa shape index (κ2) is 11.7. The summed E-state index contributed by atoms with van der Waals surface area (Å²) in [7, 11) is 0. The molecule has 0 radical (unpaired) electrons. The van der Waals surface area contributed by atoms with Crippen LogP contribution in [0.1, 0.15) is 92.0 Å². The summed E-state index contributed by atoms with van der Waals surface area (Å²) in [6, 6.07) is 49.4. The van der Waals surface area contributed by atoms with Crippen LogP contribution in [0.4, 0.5) is 0 Å². The Labute approximate surface area is 291 Å². The van der Waals surface area contributed by atoms with E-state index in [9.17, 15) is 0 Å². The third kappa shape index (κ3) is 5.41. The quantitative estimate of drug-likeness (QED) is 0.181. The SMILES string of the molecule is CC(C)(C)c1ccc2c(c1)C=c1c-2cc(=C(c2ccccc2)c2ccccc2)c(C(C)(C)C)c1C1C=Cc2c(-c3ccccc3)cccc21. The van der Waals surface area contributed by atoms with Crippen LogP contribution in [0, 0.1) is 0 Å². The lowest BCUT2D eigenvalue weighted by Gasteiger charge is -2.29. The molecule has 49 heavy (non-hydrogen) atoms. The van der Waals surface area contributed by atoms with E-state index in [1.54, 1.807) is 0 Å². The second-order valence-corrected chi connectivity index (χ2v) is 15.7. The second-order valence-electron chi connectivity index (χ2n) is 15.7. The minimum absolute atomic E-state index is 0.0741. The lowest BCUT2D eigenvalue weighted by atomic mass is 9.74. The largest absolute Gasteiger partial charge is 0.0720 e. The van der Waals surface area contributed by atoms with Gasteiger partial charge in [0.05, 0.1) is 0 Å². The molecule has 6 aromatic rings. The highest BCUT2D eigenvalue weighted by Crippen LogP contribution is 2.44. The van der Waals surface area contributed by atoms with Gasteiger partial charge in [-0.05, 0) is 106 Å². The third-order valence-corrected chi connectivity index (χ3v) is 10.4. The number of hydrogen-bond acceptors (Lipinski definition) is 0. The van der Waals surface area contributed by atoms with Crippen LogP contribution in [0.15, 0.2) is 140 Å². The first kappa shape index (κ1) is 31.1. The zero-order valence-corrected chi connectivity index (χ0v) is 29.5. The van der Waals surface area contributed by atoms with Gasteiger partial charge in [-0.2, -0.15) is 0 Å². The van der Waals surface area contributed by atoms with Crippen LogP contribution in [-0.4, -0.2) is 0 Å². The predicted molar refractivity (Wildman–Crippen MR) is 209 cm³/mol. The maximum atomic E-state index is 2.52. The maximum Gasteiger partial charge on any atom is 0.0288 e. The van der Waals surface area contributed by atoms with E-state index in [1.165, 1.54) is 82.8 Å². The zero-order valence-electron chi connectivity index (χ0n) is 29.5. The monoisotopic (exact) mass is 632 g/mol. The summed E-state index contributed by atoms with van der Waals surface area (Å²) in [5, 5.41) is 2.68. The van der Waals surface area contributed by atoms with Gasteiger partial charge in [0.25, 0.3) is 0 Å². The number of allylic oxidation sites excluding steroid dienone is 1. The van der Waals surface area contributed by atoms with Crippen LogP contribution in [0.5, 0.6) is 0 Å². The van der Waals surface area contributed by atoms with Crippen molar-refractivity contribution >= 4 is 17.7 Å². The molecule has 0 aliphatic heterocycles. The van der Waals surface area contributed by atoms with Crippen molar-refractivity contribution in [2.75, 3.05) is 0 Å². The van der Waals surface area contributed by atoms with E-state index in [1.807, 2.05) is 0 Å². The average Bonchev–Trinajstić information content (AvgIpc) is 3.70. The summed E-state index contributed by atoms with van der Waals surface area (Å²) < 4.78 is 0. The van der Waals surface area contributed by atoms with Crippen LogP contribution in [0.2, 0.25) is 0 Å². The molecule has 0 nitrogen and oxygen atoms in total. The van der Waals surface area contributed by atoms with E-state index in [0.717, 1.165) is 0 Å². The van der Waals surface area contributed by atoms with E-state index >= 15 is 0 Å². The van der Waals surface area contributed by atoms with Crippen molar-refractivity contribution in [2.45, 2.75) is 58.3 Å². The van der Waals surface area contributed by atoms with Gasteiger partial charge in [-0.1, -0.05) is 181 Å². The van der Waals surface area contributed by atoms with Gasteiger partial charge >= 0.3 is 0 Å². The standard InChI is InChI=1S/C49H44/c1-48(2,3)36-25-26-38-35(29-36)30-43-42(38)31-44(45(33-19-12-8-13-20-33)34-21-14-9-15-22-34)47(49(4,5)6)46(43)41-28-27-40-37(23-16-24-39(40)41)32-17-10-7-11-18-32/h7-31,41H,1-6H3. The highest BCUT2D eigenvalue weighted by molar-refractivity contribution is 5.89. The average molecular weight is 633 g/mol. The van der Waals surface area contributed by atoms with E-state index in [0.29, 0.717) is 0 Å². The fourth-order valence-electron chi connectivity index (χ4n) is 8.12. The molecule has 1 atom stereocenters. The van der Waals surface area contributed by atoms with Crippen molar-refractivity contribution in [3.05, 3.63) is 194 Å². The molecule has 0 saturated carbocycles. The smallest absolute Gasteiger partial charge is 0.0288 e. The number of rotatable bonds is 4. The Morgan fingerprint density at radius 3 is 1.80 bits per heavy atom. The molecule has 0 aromatic heterocycles. The molecular weight excluding hydrogens is 589 g/mol. The first-order valence-electron chi connectivity index (χ1n) is 17.7. The van der Waals surface area contributed by atoms with Crippen molar-refractivity contribution in [2.24, 2.45) is 0 Å². The normalized spacial score (nSPS) is 14.6. The number of hydrogen-bond donors (Lipinski definition) is 0. The Morgan fingerprint density at radius 1 is 0.551 bits per heavy atom. The fraction of sp³-hybridized carbons (Fsp3) is 0.184. The van der Waals surface area contributed by atoms with Gasteiger partial charge in [0.1, 0.15) is 0 Å². The lowest BCUT2D eigenvalue weighted by Crippen LogP contribution is -2.34. The fourth-order valence-corrected chi connectivity index (χ4v) is 8.12. The van der Waals surface area contributed by atoms with Crippen LogP contribution >= 0.6 is 0 Å². The topological polar surface area (TPSA) is 0 Å². The highest BCUT2D eigenvalue weighted by Gasteiger charge is 2.33. The van der Waals surface area contributed by atoms with Crippen molar-refractivity contribution in [1.29, 1.82) is 0 Å². The van der Waals surface area contributed by atoms with E-state index in [4.69, 9.17) is 0 Å². The predicted octanol–water partition coefficient (Wildman–Crippen LogP) is 11.2. The Hall–Kier alpha value is -5.20. The zero-order chi connectivity index (χ0) is 33.9.